The molecule has 6 nitrogen and oxygen atoms in total. The van der Waals surface area contributed by atoms with E-state index in [-0.39, 0.29) is 24.4 Å². The van der Waals surface area contributed by atoms with E-state index in [4.69, 9.17) is 23.2 Å². The van der Waals surface area contributed by atoms with Gasteiger partial charge in [0.05, 0.1) is 17.5 Å². The Morgan fingerprint density at radius 2 is 1.76 bits per heavy atom. The summed E-state index contributed by atoms with van der Waals surface area (Å²) in [6, 6.07) is 11.0. The second-order valence-electron chi connectivity index (χ2n) is 8.19. The lowest BCUT2D eigenvalue weighted by atomic mass is 9.90. The number of benzene rings is 2. The zero-order valence-electron chi connectivity index (χ0n) is 17.9. The van der Waals surface area contributed by atoms with Crippen LogP contribution in [-0.4, -0.2) is 29.3 Å². The Kier molecular flexibility index (Phi) is 7.16. The predicted molar refractivity (Wildman–Crippen MR) is 119 cm³/mol. The molecule has 1 aliphatic heterocycles. The SMILES string of the molecule is CC(C)(NC(=O)CC1(c2ccc(Cl)cc2)NNC(=O)N1CCCl)c1cccc(C(F)(F)F)c1. The summed E-state index contributed by atoms with van der Waals surface area (Å²) >= 11 is 11.9. The summed E-state index contributed by atoms with van der Waals surface area (Å²) < 4.78 is 39.4. The highest BCUT2D eigenvalue weighted by atomic mass is 35.5. The van der Waals surface area contributed by atoms with Crippen molar-refractivity contribution in [3.63, 3.8) is 0 Å². The zero-order chi connectivity index (χ0) is 24.4. The topological polar surface area (TPSA) is 73.5 Å². The van der Waals surface area contributed by atoms with Crippen LogP contribution in [-0.2, 0) is 22.2 Å². The average Bonchev–Trinajstić information content (AvgIpc) is 3.04. The van der Waals surface area contributed by atoms with Crippen molar-refractivity contribution in [3.8, 4) is 0 Å². The lowest BCUT2D eigenvalue weighted by Crippen LogP contribution is -2.54. The molecule has 33 heavy (non-hydrogen) atoms. The van der Waals surface area contributed by atoms with Gasteiger partial charge in [-0.25, -0.2) is 10.2 Å². The largest absolute Gasteiger partial charge is 0.416 e. The normalized spacial score (nSPS) is 18.9. The summed E-state index contributed by atoms with van der Waals surface area (Å²) in [5, 5.41) is 3.27. The predicted octanol–water partition coefficient (Wildman–Crippen LogP) is 4.72. The molecule has 1 saturated heterocycles. The Bertz CT molecular complexity index is 1030. The first-order valence-electron chi connectivity index (χ1n) is 10.0. The molecule has 2 aromatic rings. The molecular weight excluding hydrogens is 480 g/mol. The van der Waals surface area contributed by atoms with Gasteiger partial charge in [0.15, 0.2) is 0 Å². The van der Waals surface area contributed by atoms with Crippen molar-refractivity contribution in [1.82, 2.24) is 21.1 Å². The third-order valence-corrected chi connectivity index (χ3v) is 5.91. The van der Waals surface area contributed by atoms with E-state index < -0.39 is 34.9 Å². The molecule has 0 bridgehead atoms. The summed E-state index contributed by atoms with van der Waals surface area (Å²) in [5.74, 6) is -0.363. The van der Waals surface area contributed by atoms with Crippen LogP contribution in [0.15, 0.2) is 48.5 Å². The molecule has 0 aliphatic carbocycles. The smallest absolute Gasteiger partial charge is 0.347 e. The summed E-state index contributed by atoms with van der Waals surface area (Å²) in [5.41, 5.74) is 3.09. The molecule has 2 aromatic carbocycles. The fourth-order valence-electron chi connectivity index (χ4n) is 3.82. The van der Waals surface area contributed by atoms with Crippen LogP contribution in [0.2, 0.25) is 5.02 Å². The van der Waals surface area contributed by atoms with E-state index in [2.05, 4.69) is 16.2 Å². The van der Waals surface area contributed by atoms with E-state index in [0.29, 0.717) is 10.6 Å². The van der Waals surface area contributed by atoms with Gasteiger partial charge in [-0.15, -0.1) is 11.6 Å². The zero-order valence-corrected chi connectivity index (χ0v) is 19.4. The minimum Gasteiger partial charge on any atom is -0.347 e. The van der Waals surface area contributed by atoms with E-state index >= 15 is 0 Å². The fourth-order valence-corrected chi connectivity index (χ4v) is 4.11. The van der Waals surface area contributed by atoms with Crippen molar-refractivity contribution < 1.29 is 22.8 Å². The van der Waals surface area contributed by atoms with Gasteiger partial charge in [-0.3, -0.25) is 15.1 Å². The van der Waals surface area contributed by atoms with Gasteiger partial charge < -0.3 is 5.32 Å². The average molecular weight is 503 g/mol. The molecule has 3 rings (SSSR count). The minimum absolute atomic E-state index is 0.127. The molecule has 0 spiro atoms. The maximum atomic E-state index is 13.2. The monoisotopic (exact) mass is 502 g/mol. The first kappa shape index (κ1) is 25.1. The molecule has 11 heteroatoms. The number of halogens is 5. The lowest BCUT2D eigenvalue weighted by molar-refractivity contribution is -0.137. The van der Waals surface area contributed by atoms with Crippen LogP contribution in [0.4, 0.5) is 18.0 Å². The summed E-state index contributed by atoms with van der Waals surface area (Å²) in [4.78, 5) is 27.0. The van der Waals surface area contributed by atoms with Crippen molar-refractivity contribution in [2.24, 2.45) is 0 Å². The standard InChI is InChI=1S/C22H23Cl2F3N4O2/c1-20(2,15-4-3-5-16(12-15)22(25,26)27)28-18(32)13-21(14-6-8-17(24)9-7-14)30-29-19(33)31(21)11-10-23/h3-9,12,30H,10-11,13H2,1-2H3,(H,28,32)(H,29,33). The molecule has 3 N–H and O–H groups in total. The van der Waals surface area contributed by atoms with Gasteiger partial charge in [-0.2, -0.15) is 13.2 Å². The van der Waals surface area contributed by atoms with Crippen molar-refractivity contribution in [3.05, 3.63) is 70.2 Å². The third kappa shape index (κ3) is 5.37. The minimum atomic E-state index is -4.50. The summed E-state index contributed by atoms with van der Waals surface area (Å²) in [6.45, 7) is 3.36. The van der Waals surface area contributed by atoms with Crippen molar-refractivity contribution in [2.45, 2.75) is 37.6 Å². The molecule has 3 amide bonds. The Hall–Kier alpha value is -2.49. The second kappa shape index (κ2) is 9.40. The van der Waals surface area contributed by atoms with Crippen LogP contribution in [0.1, 0.15) is 37.0 Å². The second-order valence-corrected chi connectivity index (χ2v) is 9.01. The number of nitrogens with zero attached hydrogens (tertiary/aromatic N) is 1. The quantitative estimate of drug-likeness (QED) is 0.479. The Balaban J connectivity index is 1.90. The third-order valence-electron chi connectivity index (χ3n) is 5.49. The maximum Gasteiger partial charge on any atom is 0.416 e. The highest BCUT2D eigenvalue weighted by molar-refractivity contribution is 6.30. The van der Waals surface area contributed by atoms with E-state index in [1.807, 2.05) is 0 Å². The number of carbonyl (C=O) groups is 2. The van der Waals surface area contributed by atoms with Crippen molar-refractivity contribution in [2.75, 3.05) is 12.4 Å². The van der Waals surface area contributed by atoms with Crippen LogP contribution in [0, 0.1) is 0 Å². The number of nitrogens with one attached hydrogen (secondary N) is 3. The molecular formula is C22H23Cl2F3N4O2. The number of alkyl halides is 4. The Morgan fingerprint density at radius 3 is 2.36 bits per heavy atom. The molecule has 1 heterocycles. The number of hydrazine groups is 1. The molecule has 1 unspecified atom stereocenters. The number of rotatable bonds is 7. The molecule has 178 valence electrons. The Labute approximate surface area is 199 Å². The van der Waals surface area contributed by atoms with Gasteiger partial charge in [0.1, 0.15) is 5.66 Å². The van der Waals surface area contributed by atoms with Crippen molar-refractivity contribution >= 4 is 35.1 Å². The van der Waals surface area contributed by atoms with Gasteiger partial charge in [0, 0.05) is 17.4 Å². The molecule has 0 aromatic heterocycles. The first-order chi connectivity index (χ1) is 15.4. The van der Waals surface area contributed by atoms with E-state index in [0.717, 1.165) is 12.1 Å². The molecule has 0 saturated carbocycles. The van der Waals surface area contributed by atoms with Crippen LogP contribution < -0.4 is 16.2 Å². The van der Waals surface area contributed by atoms with Gasteiger partial charge in [-0.1, -0.05) is 35.9 Å². The molecule has 1 fully saturated rings. The molecule has 1 atom stereocenters. The number of amides is 3. The van der Waals surface area contributed by atoms with E-state index in [1.54, 1.807) is 38.1 Å². The highest BCUT2D eigenvalue weighted by Gasteiger charge is 2.48. The number of urea groups is 1. The maximum absolute atomic E-state index is 13.2. The fraction of sp³-hybridized carbons (Fsp3) is 0.364. The lowest BCUT2D eigenvalue weighted by Gasteiger charge is -2.37. The van der Waals surface area contributed by atoms with Crippen LogP contribution >= 0.6 is 23.2 Å². The van der Waals surface area contributed by atoms with Gasteiger partial charge in [0.2, 0.25) is 5.91 Å². The molecule has 1 aliphatic rings. The van der Waals surface area contributed by atoms with E-state index in [9.17, 15) is 22.8 Å². The van der Waals surface area contributed by atoms with Crippen LogP contribution in [0.5, 0.6) is 0 Å². The van der Waals surface area contributed by atoms with Gasteiger partial charge in [-0.05, 0) is 49.2 Å². The van der Waals surface area contributed by atoms with Crippen LogP contribution in [0.25, 0.3) is 0 Å². The first-order valence-corrected chi connectivity index (χ1v) is 11.0. The van der Waals surface area contributed by atoms with Gasteiger partial charge >= 0.3 is 12.2 Å². The summed E-state index contributed by atoms with van der Waals surface area (Å²) in [6.07, 6.45) is -4.73. The highest BCUT2D eigenvalue weighted by Crippen LogP contribution is 2.35. The number of hydrogen-bond acceptors (Lipinski definition) is 3. The van der Waals surface area contributed by atoms with Crippen molar-refractivity contribution in [1.29, 1.82) is 0 Å². The number of carbonyl (C=O) groups excluding carboxylic acids is 2. The van der Waals surface area contributed by atoms with Gasteiger partial charge in [0.25, 0.3) is 0 Å². The Morgan fingerprint density at radius 1 is 1.12 bits per heavy atom. The van der Waals surface area contributed by atoms with E-state index in [1.165, 1.54) is 17.0 Å². The molecule has 0 radical (unpaired) electrons. The number of hydrogen-bond donors (Lipinski definition) is 3. The van der Waals surface area contributed by atoms with Crippen LogP contribution in [0.3, 0.4) is 0 Å². The summed E-state index contributed by atoms with van der Waals surface area (Å²) in [7, 11) is 0.